The van der Waals surface area contributed by atoms with Crippen LogP contribution >= 0.6 is 50.5 Å². The van der Waals surface area contributed by atoms with Gasteiger partial charge in [0, 0.05) is 25.5 Å². The Bertz CT molecular complexity index is 1060. The van der Waals surface area contributed by atoms with Gasteiger partial charge in [0.1, 0.15) is 11.4 Å². The molecule has 0 fully saturated rings. The number of aromatic nitrogens is 1. The molecule has 4 aromatic rings. The Labute approximate surface area is 180 Å². The van der Waals surface area contributed by atoms with Gasteiger partial charge in [0.15, 0.2) is 5.69 Å². The van der Waals surface area contributed by atoms with Gasteiger partial charge in [0.25, 0.3) is 0 Å². The van der Waals surface area contributed by atoms with Crippen molar-refractivity contribution in [1.29, 1.82) is 0 Å². The molecule has 134 valence electrons. The fraction of sp³-hybridized carbons (Fsp3) is 0. The third-order valence-corrected chi connectivity index (χ3v) is 5.93. The van der Waals surface area contributed by atoms with Gasteiger partial charge < -0.3 is 0 Å². The lowest BCUT2D eigenvalue weighted by Crippen LogP contribution is -2.33. The predicted octanol–water partition coefficient (Wildman–Crippen LogP) is 7.50. The molecule has 27 heavy (non-hydrogen) atoms. The maximum atomic E-state index is 6.09. The molecule has 1 N–H and O–H groups in total. The van der Waals surface area contributed by atoms with Gasteiger partial charge >= 0.3 is 5.13 Å². The molecular weight excluding hydrogens is 463 g/mol. The van der Waals surface area contributed by atoms with Crippen LogP contribution in [0.4, 0.5) is 10.8 Å². The van der Waals surface area contributed by atoms with Crippen molar-refractivity contribution < 1.29 is 4.57 Å². The van der Waals surface area contributed by atoms with Crippen LogP contribution < -0.4 is 9.88 Å². The Morgan fingerprint density at radius 1 is 0.778 bits per heavy atom. The normalized spacial score (nSPS) is 10.8. The number of rotatable bonds is 4. The molecule has 2 nitrogen and oxygen atoms in total. The Kier molecular flexibility index (Phi) is 5.50. The Morgan fingerprint density at radius 3 is 2.00 bits per heavy atom. The lowest BCUT2D eigenvalue weighted by Gasteiger charge is -2.07. The van der Waals surface area contributed by atoms with Gasteiger partial charge in [-0.3, -0.25) is 0 Å². The zero-order valence-electron chi connectivity index (χ0n) is 14.0. The molecule has 1 heterocycles. The second kappa shape index (κ2) is 8.03. The van der Waals surface area contributed by atoms with Crippen LogP contribution in [0.3, 0.4) is 0 Å². The van der Waals surface area contributed by atoms with Gasteiger partial charge in [0.05, 0.1) is 0 Å². The van der Waals surface area contributed by atoms with E-state index < -0.39 is 0 Å². The smallest absolute Gasteiger partial charge is 0.231 e. The molecule has 0 aliphatic carbocycles. The second-order valence-electron chi connectivity index (χ2n) is 5.88. The van der Waals surface area contributed by atoms with E-state index in [4.69, 9.17) is 23.2 Å². The van der Waals surface area contributed by atoms with E-state index in [1.165, 1.54) is 0 Å². The highest BCUT2D eigenvalue weighted by atomic mass is 79.9. The lowest BCUT2D eigenvalue weighted by molar-refractivity contribution is -0.563. The molecule has 0 aliphatic heterocycles. The summed E-state index contributed by atoms with van der Waals surface area (Å²) >= 11 is 17.2. The highest BCUT2D eigenvalue weighted by Gasteiger charge is 2.21. The Morgan fingerprint density at radius 2 is 1.37 bits per heavy atom. The third kappa shape index (κ3) is 4.19. The monoisotopic (exact) mass is 475 g/mol. The first kappa shape index (κ1) is 18.5. The van der Waals surface area contributed by atoms with E-state index in [0.29, 0.717) is 10.0 Å². The SMILES string of the molecule is Clc1ccc(Nc2scc(-c3ccc(Br)cc3)[n+]2-c2ccc(Cl)cc2)cc1. The summed E-state index contributed by atoms with van der Waals surface area (Å²) in [5, 5.41) is 8.07. The predicted molar refractivity (Wildman–Crippen MR) is 119 cm³/mol. The summed E-state index contributed by atoms with van der Waals surface area (Å²) in [6.07, 6.45) is 0. The Hall–Kier alpha value is -1.85. The zero-order valence-corrected chi connectivity index (χ0v) is 17.9. The number of anilines is 2. The van der Waals surface area contributed by atoms with Crippen LogP contribution in [-0.4, -0.2) is 0 Å². The molecule has 0 aliphatic rings. The minimum Gasteiger partial charge on any atom is -0.231 e. The maximum Gasteiger partial charge on any atom is 0.344 e. The van der Waals surface area contributed by atoms with Crippen LogP contribution in [0.25, 0.3) is 16.9 Å². The number of benzene rings is 3. The number of hydrogen-bond acceptors (Lipinski definition) is 2. The van der Waals surface area contributed by atoms with Crippen molar-refractivity contribution in [3.8, 4) is 16.9 Å². The highest BCUT2D eigenvalue weighted by Crippen LogP contribution is 2.29. The average molecular weight is 477 g/mol. The van der Waals surface area contributed by atoms with Crippen molar-refractivity contribution in [2.45, 2.75) is 0 Å². The van der Waals surface area contributed by atoms with Crippen molar-refractivity contribution in [3.05, 3.63) is 92.7 Å². The van der Waals surface area contributed by atoms with Gasteiger partial charge in [-0.25, -0.2) is 5.32 Å². The van der Waals surface area contributed by atoms with Gasteiger partial charge in [-0.05, 0) is 72.8 Å². The number of halogens is 3. The van der Waals surface area contributed by atoms with E-state index >= 15 is 0 Å². The summed E-state index contributed by atoms with van der Waals surface area (Å²) in [6, 6.07) is 23.8. The molecule has 0 atom stereocenters. The zero-order chi connectivity index (χ0) is 18.8. The summed E-state index contributed by atoms with van der Waals surface area (Å²) in [5.41, 5.74) is 4.25. The van der Waals surface area contributed by atoms with Gasteiger partial charge in [-0.15, -0.1) is 0 Å². The van der Waals surface area contributed by atoms with Crippen molar-refractivity contribution >= 4 is 61.3 Å². The first-order chi connectivity index (χ1) is 13.1. The quantitative estimate of drug-likeness (QED) is 0.301. The average Bonchev–Trinajstić information content (AvgIpc) is 3.08. The molecule has 6 heteroatoms. The number of nitrogens with one attached hydrogen (secondary N) is 1. The standard InChI is InChI=1S/C21H13BrCl2N2S/c22-15-3-1-14(2-4-15)20-13-27-21(25-18-9-5-16(23)6-10-18)26(20)19-11-7-17(24)8-12-19/h1-13H/p+1. The largest absolute Gasteiger partial charge is 0.344 e. The summed E-state index contributed by atoms with van der Waals surface area (Å²) in [7, 11) is 0. The molecule has 4 rings (SSSR count). The van der Waals surface area contributed by atoms with Crippen molar-refractivity contribution in [1.82, 2.24) is 0 Å². The van der Waals surface area contributed by atoms with Crippen molar-refractivity contribution in [2.75, 3.05) is 5.32 Å². The van der Waals surface area contributed by atoms with E-state index in [1.54, 1.807) is 11.3 Å². The van der Waals surface area contributed by atoms with Gasteiger partial charge in [-0.1, -0.05) is 50.5 Å². The molecular formula is C21H14BrCl2N2S+. The van der Waals surface area contributed by atoms with Crippen LogP contribution in [0.2, 0.25) is 10.0 Å². The summed E-state index contributed by atoms with van der Waals surface area (Å²) in [5.74, 6) is 0. The number of nitrogens with zero attached hydrogens (tertiary/aromatic N) is 1. The van der Waals surface area contributed by atoms with Crippen LogP contribution in [-0.2, 0) is 0 Å². The van der Waals surface area contributed by atoms with Gasteiger partial charge in [0.2, 0.25) is 0 Å². The van der Waals surface area contributed by atoms with Crippen LogP contribution in [0.15, 0.2) is 82.6 Å². The summed E-state index contributed by atoms with van der Waals surface area (Å²) in [6.45, 7) is 0. The molecule has 0 unspecified atom stereocenters. The number of hydrogen-bond donors (Lipinski definition) is 1. The van der Waals surface area contributed by atoms with E-state index in [0.717, 1.165) is 32.2 Å². The second-order valence-corrected chi connectivity index (χ2v) is 8.52. The van der Waals surface area contributed by atoms with Crippen LogP contribution in [0.1, 0.15) is 0 Å². The third-order valence-electron chi connectivity index (χ3n) is 4.05. The molecule has 0 bridgehead atoms. The fourth-order valence-corrected chi connectivity index (χ4v) is 4.20. The molecule has 0 spiro atoms. The lowest BCUT2D eigenvalue weighted by atomic mass is 10.1. The Balaban J connectivity index is 1.82. The van der Waals surface area contributed by atoms with Crippen molar-refractivity contribution in [3.63, 3.8) is 0 Å². The minimum atomic E-state index is 0.715. The van der Waals surface area contributed by atoms with E-state index in [-0.39, 0.29) is 0 Å². The van der Waals surface area contributed by atoms with E-state index in [9.17, 15) is 0 Å². The topological polar surface area (TPSA) is 15.9 Å². The van der Waals surface area contributed by atoms with E-state index in [2.05, 4.69) is 43.3 Å². The van der Waals surface area contributed by atoms with Gasteiger partial charge in [-0.2, -0.15) is 4.57 Å². The van der Waals surface area contributed by atoms with E-state index in [1.807, 2.05) is 60.7 Å². The van der Waals surface area contributed by atoms with Crippen molar-refractivity contribution in [2.24, 2.45) is 0 Å². The van der Waals surface area contributed by atoms with Crippen LogP contribution in [0, 0.1) is 0 Å². The first-order valence-electron chi connectivity index (χ1n) is 8.18. The number of thiazole rings is 1. The molecule has 0 radical (unpaired) electrons. The maximum absolute atomic E-state index is 6.09. The summed E-state index contributed by atoms with van der Waals surface area (Å²) in [4.78, 5) is 0. The fourth-order valence-electron chi connectivity index (χ4n) is 2.73. The first-order valence-corrected chi connectivity index (χ1v) is 10.6. The molecule has 0 saturated carbocycles. The highest BCUT2D eigenvalue weighted by molar-refractivity contribution is 9.10. The van der Waals surface area contributed by atoms with Crippen LogP contribution in [0.5, 0.6) is 0 Å². The molecule has 3 aromatic carbocycles. The molecule has 0 amide bonds. The minimum absolute atomic E-state index is 0.715. The molecule has 0 saturated heterocycles. The molecule has 1 aromatic heterocycles. The summed E-state index contributed by atoms with van der Waals surface area (Å²) < 4.78 is 3.25.